The molecule has 4 bridgehead atoms. The first-order valence-electron chi connectivity index (χ1n) is 22.6. The standard InChI is InChI=1S/C51H61N3O7/c1-27(43(57)58)23-49(59)32-17-15-30-22-31-24-50(60)33(16-14-29-12-8-6-9-13-29)41-45(3,4)36(56)18-21-47(41)19-10-7-11-20-48-25-35(55)39(47)42(50)46(48,5)51(31,61)40(37(30)32)38(48)28(2)34(49)26-54-44(52)53/h6,8-9,12-14,16-17,23-24,28,33-34,38,40-41,59-61H,7,10-11,15,18-22,25-26H2,1-5H3,(H,57,58)(H4,52,53,54). The van der Waals surface area contributed by atoms with Crippen LogP contribution in [0.1, 0.15) is 104 Å². The van der Waals surface area contributed by atoms with Crippen molar-refractivity contribution in [3.05, 3.63) is 99.2 Å². The van der Waals surface area contributed by atoms with Crippen LogP contribution < -0.4 is 11.5 Å². The first-order valence-corrected chi connectivity index (χ1v) is 22.6. The van der Waals surface area contributed by atoms with Crippen molar-refractivity contribution in [3.63, 3.8) is 0 Å². The summed E-state index contributed by atoms with van der Waals surface area (Å²) in [6.07, 6.45) is 15.3. The predicted molar refractivity (Wildman–Crippen MR) is 232 cm³/mol. The molecule has 0 aliphatic heterocycles. The highest BCUT2D eigenvalue weighted by Crippen LogP contribution is 2.85. The highest BCUT2D eigenvalue weighted by molar-refractivity contribution is 6.02. The third-order valence-electron chi connectivity index (χ3n) is 18.7. The van der Waals surface area contributed by atoms with Gasteiger partial charge >= 0.3 is 5.97 Å². The summed E-state index contributed by atoms with van der Waals surface area (Å²) >= 11 is 0. The normalized spacial score (nSPS) is 44.1. The number of ketones is 2. The fourth-order valence-corrected chi connectivity index (χ4v) is 16.6. The van der Waals surface area contributed by atoms with E-state index in [0.717, 1.165) is 48.0 Å². The number of nitrogens with two attached hydrogens (primary N) is 2. The number of benzene rings is 1. The number of rotatable bonds is 6. The largest absolute Gasteiger partial charge is 0.478 e. The van der Waals surface area contributed by atoms with E-state index >= 15 is 4.79 Å². The molecule has 10 nitrogen and oxygen atoms in total. The van der Waals surface area contributed by atoms with Crippen molar-refractivity contribution in [2.75, 3.05) is 6.54 Å². The summed E-state index contributed by atoms with van der Waals surface area (Å²) in [7, 11) is 0. The minimum absolute atomic E-state index is 0.00183. The molecule has 12 unspecified atom stereocenters. The average molecular weight is 828 g/mol. The van der Waals surface area contributed by atoms with Crippen LogP contribution >= 0.6 is 0 Å². The first kappa shape index (κ1) is 40.7. The van der Waals surface area contributed by atoms with Gasteiger partial charge in [-0.1, -0.05) is 101 Å². The molecule has 1 aromatic rings. The van der Waals surface area contributed by atoms with Crippen LogP contribution in [0.15, 0.2) is 98.6 Å². The van der Waals surface area contributed by atoms with Gasteiger partial charge in [0.1, 0.15) is 22.6 Å². The number of aliphatic hydroxyl groups is 3. The van der Waals surface area contributed by atoms with Gasteiger partial charge in [0.25, 0.3) is 0 Å². The van der Waals surface area contributed by atoms with Crippen molar-refractivity contribution in [1.29, 1.82) is 0 Å². The number of aliphatic imine (C=N–C) groups is 1. The first-order chi connectivity index (χ1) is 28.8. The van der Waals surface area contributed by atoms with E-state index in [1.165, 1.54) is 13.0 Å². The summed E-state index contributed by atoms with van der Waals surface area (Å²) in [5.41, 5.74) is 8.79. The van der Waals surface area contributed by atoms with E-state index in [9.17, 15) is 30.0 Å². The van der Waals surface area contributed by atoms with Crippen molar-refractivity contribution >= 4 is 29.6 Å². The number of Topliss-reactive ketones (excluding diaryl/α,β-unsaturated/α-hetero) is 2. The Morgan fingerprint density at radius 3 is 2.43 bits per heavy atom. The lowest BCUT2D eigenvalue weighted by Crippen LogP contribution is -2.72. The smallest absolute Gasteiger partial charge is 0.331 e. The van der Waals surface area contributed by atoms with Gasteiger partial charge in [-0.3, -0.25) is 14.6 Å². The Labute approximate surface area is 358 Å². The van der Waals surface area contributed by atoms with E-state index in [1.54, 1.807) is 0 Å². The van der Waals surface area contributed by atoms with Gasteiger partial charge in [-0.2, -0.15) is 0 Å². The Kier molecular flexibility index (Phi) is 8.57. The average Bonchev–Trinajstić information content (AvgIpc) is 3.67. The third-order valence-corrected chi connectivity index (χ3v) is 18.7. The van der Waals surface area contributed by atoms with Crippen LogP contribution in [0.4, 0.5) is 0 Å². The lowest BCUT2D eigenvalue weighted by molar-refractivity contribution is -0.171. The highest BCUT2D eigenvalue weighted by Gasteiger charge is 2.85. The quantitative estimate of drug-likeness (QED) is 0.0800. The molecule has 1 spiro atoms. The molecule has 0 aromatic heterocycles. The van der Waals surface area contributed by atoms with Crippen molar-refractivity contribution in [1.82, 2.24) is 0 Å². The second-order valence-electron chi connectivity index (χ2n) is 21.2. The molecule has 0 saturated heterocycles. The fraction of sp³-hybridized carbons (Fsp3) is 0.569. The summed E-state index contributed by atoms with van der Waals surface area (Å²) < 4.78 is 0. The molecule has 3 saturated carbocycles. The van der Waals surface area contributed by atoms with Gasteiger partial charge in [0.2, 0.25) is 0 Å². The molecule has 3 fully saturated rings. The van der Waals surface area contributed by atoms with Gasteiger partial charge in [-0.15, -0.1) is 0 Å². The molecule has 10 heteroatoms. The van der Waals surface area contributed by atoms with E-state index in [4.69, 9.17) is 11.5 Å². The maximum absolute atomic E-state index is 16.0. The van der Waals surface area contributed by atoms with E-state index in [2.05, 4.69) is 31.0 Å². The molecular weight excluding hydrogens is 767 g/mol. The van der Waals surface area contributed by atoms with Gasteiger partial charge in [-0.05, 0) is 102 Å². The van der Waals surface area contributed by atoms with Gasteiger partial charge in [0.05, 0.1) is 0 Å². The van der Waals surface area contributed by atoms with Gasteiger partial charge in [-0.25, -0.2) is 4.79 Å². The van der Waals surface area contributed by atoms with E-state index in [0.29, 0.717) is 48.8 Å². The Bertz CT molecular complexity index is 2420. The Hall–Kier alpha value is -4.38. The van der Waals surface area contributed by atoms with Crippen molar-refractivity contribution < 1.29 is 34.8 Å². The Morgan fingerprint density at radius 2 is 1.72 bits per heavy atom. The number of carboxylic acid groups (broad SMARTS) is 1. The highest BCUT2D eigenvalue weighted by atomic mass is 16.4. The zero-order valence-corrected chi connectivity index (χ0v) is 36.1. The molecule has 12 atom stereocenters. The molecule has 322 valence electrons. The maximum Gasteiger partial charge on any atom is 0.331 e. The molecule has 0 radical (unpaired) electrons. The number of carbonyl (C=O) groups is 3. The SMILES string of the molecule is CC(=CC1(O)C2=CCC3=C2C2C(C(C)C1CN=C(N)N)C14CCCCCC56CCC(=O)C(C)(C)C5C(C=Cc5ccccc5)C5(O)C=C(C3)C2(O)C1(C)C5=C6C(=O)C4)C(=O)O. The van der Waals surface area contributed by atoms with Crippen LogP contribution in [0.5, 0.6) is 0 Å². The van der Waals surface area contributed by atoms with Crippen LogP contribution in [-0.2, 0) is 14.4 Å². The summed E-state index contributed by atoms with van der Waals surface area (Å²) in [5, 5.41) is 52.4. The van der Waals surface area contributed by atoms with E-state index in [1.807, 2.05) is 56.3 Å². The number of carbonyl (C=O) groups excluding carboxylic acids is 2. The summed E-state index contributed by atoms with van der Waals surface area (Å²) in [5.74, 6) is -4.30. The van der Waals surface area contributed by atoms with Crippen LogP contribution in [0.3, 0.4) is 0 Å². The van der Waals surface area contributed by atoms with E-state index < -0.39 is 74.0 Å². The Balaban J connectivity index is 1.33. The summed E-state index contributed by atoms with van der Waals surface area (Å²) in [4.78, 5) is 47.3. The number of aliphatic carboxylic acids is 1. The molecule has 0 heterocycles. The number of allylic oxidation sites excluding steroid dienone is 3. The van der Waals surface area contributed by atoms with Crippen molar-refractivity contribution in [2.45, 2.75) is 116 Å². The summed E-state index contributed by atoms with van der Waals surface area (Å²) in [6, 6.07) is 10.0. The van der Waals surface area contributed by atoms with Crippen LogP contribution in [0, 0.1) is 57.2 Å². The number of guanidine groups is 1. The minimum Gasteiger partial charge on any atom is -0.478 e. The van der Waals surface area contributed by atoms with Crippen LogP contribution in [-0.4, -0.2) is 67.3 Å². The zero-order valence-electron chi connectivity index (χ0n) is 36.1. The molecular formula is C51H61N3O7. The lowest BCUT2D eigenvalue weighted by atomic mass is 9.33. The molecule has 9 aliphatic rings. The zero-order chi connectivity index (χ0) is 43.4. The second-order valence-corrected chi connectivity index (χ2v) is 21.2. The van der Waals surface area contributed by atoms with Crippen molar-refractivity contribution in [3.8, 4) is 0 Å². The number of nitrogens with zero attached hydrogens (tertiary/aromatic N) is 1. The molecule has 8 N–H and O–H groups in total. The summed E-state index contributed by atoms with van der Waals surface area (Å²) in [6.45, 7) is 9.77. The van der Waals surface area contributed by atoms with E-state index in [-0.39, 0.29) is 42.0 Å². The van der Waals surface area contributed by atoms with Crippen LogP contribution in [0.2, 0.25) is 0 Å². The number of carboxylic acids is 1. The minimum atomic E-state index is -1.81. The number of hydrogen-bond donors (Lipinski definition) is 6. The van der Waals surface area contributed by atoms with Gasteiger partial charge in [0, 0.05) is 64.5 Å². The lowest BCUT2D eigenvalue weighted by Gasteiger charge is -2.70. The molecule has 9 aliphatic carbocycles. The fourth-order valence-electron chi connectivity index (χ4n) is 16.6. The molecule has 1 aromatic carbocycles. The topological polar surface area (TPSA) is 197 Å². The van der Waals surface area contributed by atoms with Crippen LogP contribution in [0.25, 0.3) is 6.08 Å². The monoisotopic (exact) mass is 827 g/mol. The molecule has 0 amide bonds. The van der Waals surface area contributed by atoms with Crippen molar-refractivity contribution in [2.24, 2.45) is 73.6 Å². The third kappa shape index (κ3) is 4.74. The number of hydrogen-bond acceptors (Lipinski definition) is 7. The maximum atomic E-state index is 16.0. The molecule has 61 heavy (non-hydrogen) atoms. The van der Waals surface area contributed by atoms with Gasteiger partial charge in [0.15, 0.2) is 11.7 Å². The predicted octanol–water partition coefficient (Wildman–Crippen LogP) is 6.53. The second kappa shape index (κ2) is 12.9. The molecule has 10 rings (SSSR count). The van der Waals surface area contributed by atoms with Gasteiger partial charge < -0.3 is 31.9 Å². The Morgan fingerprint density at radius 1 is 1.00 bits per heavy atom.